The lowest BCUT2D eigenvalue weighted by Gasteiger charge is -2.23. The summed E-state index contributed by atoms with van der Waals surface area (Å²) in [5, 5.41) is 0. The molecule has 0 saturated heterocycles. The maximum atomic E-state index is 3.76. The maximum absolute atomic E-state index is 3.76. The smallest absolute Gasteiger partial charge is 0.0326 e. The number of benzene rings is 1. The van der Waals surface area contributed by atoms with E-state index in [1.165, 1.54) is 29.5 Å². The van der Waals surface area contributed by atoms with Crippen molar-refractivity contribution in [2.75, 3.05) is 0 Å². The fourth-order valence-corrected chi connectivity index (χ4v) is 2.50. The second-order valence-electron chi connectivity index (χ2n) is 6.15. The van der Waals surface area contributed by atoms with Crippen LogP contribution in [0.4, 0.5) is 0 Å². The number of hydrogen-bond acceptors (Lipinski definition) is 0. The third kappa shape index (κ3) is 7.08. The molecule has 2 heteroatoms. The summed E-state index contributed by atoms with van der Waals surface area (Å²) in [7, 11) is 0. The van der Waals surface area contributed by atoms with Crippen molar-refractivity contribution in [3.8, 4) is 0 Å². The second-order valence-corrected chi connectivity index (χ2v) is 9.29. The third-order valence-electron chi connectivity index (χ3n) is 3.58. The second kappa shape index (κ2) is 8.38. The molecule has 0 nitrogen and oxygen atoms in total. The van der Waals surface area contributed by atoms with Gasteiger partial charge in [-0.1, -0.05) is 73.3 Å². The van der Waals surface area contributed by atoms with Crippen LogP contribution in [0.25, 0.3) is 0 Å². The van der Waals surface area contributed by atoms with E-state index in [1.54, 1.807) is 0 Å². The van der Waals surface area contributed by atoms with E-state index in [4.69, 9.17) is 0 Å². The number of alkyl halides is 2. The van der Waals surface area contributed by atoms with Crippen molar-refractivity contribution in [3.05, 3.63) is 47.0 Å². The van der Waals surface area contributed by atoms with Gasteiger partial charge < -0.3 is 0 Å². The molecule has 0 N–H and O–H groups in total. The third-order valence-corrected chi connectivity index (χ3v) is 6.35. The minimum absolute atomic E-state index is 0.162. The molecule has 0 aliphatic rings. The Bertz CT molecular complexity index is 424. The fourth-order valence-electron chi connectivity index (χ4n) is 2.04. The Balaban J connectivity index is 2.33. The molecule has 1 atom stereocenters. The molecule has 1 aromatic carbocycles. The van der Waals surface area contributed by atoms with Crippen LogP contribution in [0.3, 0.4) is 0 Å². The van der Waals surface area contributed by atoms with Crippen LogP contribution >= 0.6 is 31.9 Å². The Labute approximate surface area is 141 Å². The summed E-state index contributed by atoms with van der Waals surface area (Å²) in [6.45, 7) is 8.80. The summed E-state index contributed by atoms with van der Waals surface area (Å²) in [6, 6.07) is 8.86. The first-order chi connectivity index (χ1) is 9.29. The predicted octanol–water partition coefficient (Wildman–Crippen LogP) is 6.59. The first kappa shape index (κ1) is 18.0. The van der Waals surface area contributed by atoms with Crippen molar-refractivity contribution in [1.29, 1.82) is 0 Å². The summed E-state index contributed by atoms with van der Waals surface area (Å²) < 4.78 is 0.162. The highest BCUT2D eigenvalue weighted by Gasteiger charge is 2.23. The van der Waals surface area contributed by atoms with Crippen molar-refractivity contribution >= 4 is 31.9 Å². The zero-order valence-electron chi connectivity index (χ0n) is 13.0. The molecule has 1 aromatic rings. The quantitative estimate of drug-likeness (QED) is 0.357. The first-order valence-electron chi connectivity index (χ1n) is 7.33. The highest BCUT2D eigenvalue weighted by molar-refractivity contribution is 9.12. The first-order valence-corrected chi connectivity index (χ1v) is 9.04. The molecule has 0 aromatic heterocycles. The SMILES string of the molecule is C/C(=C\CCc1ccc(C)cc1)CCC(Br)C(C)(C)Br. The van der Waals surface area contributed by atoms with Crippen molar-refractivity contribution in [3.63, 3.8) is 0 Å². The molecule has 0 aliphatic heterocycles. The summed E-state index contributed by atoms with van der Waals surface area (Å²) >= 11 is 7.48. The van der Waals surface area contributed by atoms with Crippen LogP contribution in [-0.2, 0) is 6.42 Å². The highest BCUT2D eigenvalue weighted by Crippen LogP contribution is 2.31. The summed E-state index contributed by atoms with van der Waals surface area (Å²) in [4.78, 5) is 0.510. The maximum Gasteiger partial charge on any atom is 0.0326 e. The van der Waals surface area contributed by atoms with Crippen molar-refractivity contribution in [2.24, 2.45) is 0 Å². The average Bonchev–Trinajstić information content (AvgIpc) is 2.37. The largest absolute Gasteiger partial charge is 0.0876 e. The zero-order valence-corrected chi connectivity index (χ0v) is 16.2. The monoisotopic (exact) mass is 400 g/mol. The van der Waals surface area contributed by atoms with Gasteiger partial charge in [-0.25, -0.2) is 0 Å². The lowest BCUT2D eigenvalue weighted by molar-refractivity contribution is 0.636. The van der Waals surface area contributed by atoms with E-state index in [1.807, 2.05) is 0 Å². The Hall–Kier alpha value is -0.0800. The van der Waals surface area contributed by atoms with Gasteiger partial charge in [0.1, 0.15) is 0 Å². The Morgan fingerprint density at radius 2 is 1.85 bits per heavy atom. The van der Waals surface area contributed by atoms with E-state index in [-0.39, 0.29) is 4.32 Å². The highest BCUT2D eigenvalue weighted by atomic mass is 79.9. The predicted molar refractivity (Wildman–Crippen MR) is 98.2 cm³/mol. The van der Waals surface area contributed by atoms with Crippen LogP contribution in [-0.4, -0.2) is 9.15 Å². The van der Waals surface area contributed by atoms with Gasteiger partial charge in [-0.2, -0.15) is 0 Å². The van der Waals surface area contributed by atoms with Crippen LogP contribution in [0.1, 0.15) is 51.2 Å². The molecule has 20 heavy (non-hydrogen) atoms. The lowest BCUT2D eigenvalue weighted by atomic mass is 10.0. The number of aryl methyl sites for hydroxylation is 2. The topological polar surface area (TPSA) is 0 Å². The van der Waals surface area contributed by atoms with Crippen LogP contribution < -0.4 is 0 Å². The van der Waals surface area contributed by atoms with Gasteiger partial charge in [-0.15, -0.1) is 0 Å². The van der Waals surface area contributed by atoms with Gasteiger partial charge in [-0.05, 0) is 58.9 Å². The molecule has 0 bridgehead atoms. The molecule has 0 saturated carbocycles. The molecule has 1 rings (SSSR count). The van der Waals surface area contributed by atoms with E-state index >= 15 is 0 Å². The normalized spacial score (nSPS) is 14.4. The molecule has 0 aliphatic carbocycles. The zero-order chi connectivity index (χ0) is 15.2. The fraction of sp³-hybridized carbons (Fsp3) is 0.556. The van der Waals surface area contributed by atoms with Gasteiger partial charge >= 0.3 is 0 Å². The van der Waals surface area contributed by atoms with E-state index in [0.29, 0.717) is 4.83 Å². The molecule has 0 radical (unpaired) electrons. The van der Waals surface area contributed by atoms with E-state index in [9.17, 15) is 0 Å². The Morgan fingerprint density at radius 1 is 1.25 bits per heavy atom. The molecule has 1 unspecified atom stereocenters. The molecule has 112 valence electrons. The lowest BCUT2D eigenvalue weighted by Crippen LogP contribution is -2.23. The summed E-state index contributed by atoms with van der Waals surface area (Å²) in [6.07, 6.45) is 7.00. The molecule has 0 amide bonds. The van der Waals surface area contributed by atoms with Crippen molar-refractivity contribution < 1.29 is 0 Å². The van der Waals surface area contributed by atoms with Crippen molar-refractivity contribution in [1.82, 2.24) is 0 Å². The van der Waals surface area contributed by atoms with Crippen LogP contribution in [0.5, 0.6) is 0 Å². The Morgan fingerprint density at radius 3 is 2.40 bits per heavy atom. The minimum Gasteiger partial charge on any atom is -0.0876 e. The Kier molecular flexibility index (Phi) is 7.53. The van der Waals surface area contributed by atoms with Gasteiger partial charge in [0.15, 0.2) is 0 Å². The standard InChI is InChI=1S/C18H26Br2/c1-14(10-13-17(19)18(3,4)20)6-5-7-16-11-8-15(2)9-12-16/h6,8-9,11-12,17H,5,7,10,13H2,1-4H3/b14-6+. The van der Waals surface area contributed by atoms with Gasteiger partial charge in [0.2, 0.25) is 0 Å². The minimum atomic E-state index is 0.162. The van der Waals surface area contributed by atoms with Gasteiger partial charge in [0.05, 0.1) is 0 Å². The summed E-state index contributed by atoms with van der Waals surface area (Å²) in [5.74, 6) is 0. The van der Waals surface area contributed by atoms with Gasteiger partial charge in [0.25, 0.3) is 0 Å². The molecular weight excluding hydrogens is 376 g/mol. The number of halogens is 2. The van der Waals surface area contributed by atoms with Crippen LogP contribution in [0.15, 0.2) is 35.9 Å². The van der Waals surface area contributed by atoms with Gasteiger partial charge in [-0.3, -0.25) is 0 Å². The van der Waals surface area contributed by atoms with Crippen LogP contribution in [0.2, 0.25) is 0 Å². The van der Waals surface area contributed by atoms with E-state index in [0.717, 1.165) is 12.8 Å². The molecule has 0 fully saturated rings. The van der Waals surface area contributed by atoms with Gasteiger partial charge in [0, 0.05) is 9.15 Å². The molecular formula is C18H26Br2. The van der Waals surface area contributed by atoms with E-state index in [2.05, 4.69) is 89.9 Å². The number of allylic oxidation sites excluding steroid dienone is 2. The molecule has 0 heterocycles. The summed E-state index contributed by atoms with van der Waals surface area (Å²) in [5.41, 5.74) is 4.26. The number of hydrogen-bond donors (Lipinski definition) is 0. The number of rotatable bonds is 7. The van der Waals surface area contributed by atoms with Crippen molar-refractivity contribution in [2.45, 2.75) is 62.5 Å². The molecule has 0 spiro atoms. The van der Waals surface area contributed by atoms with Crippen LogP contribution in [0, 0.1) is 6.92 Å². The van der Waals surface area contributed by atoms with E-state index < -0.39 is 0 Å². The average molecular weight is 402 g/mol.